The Kier molecular flexibility index (Phi) is 7.19. The van der Waals surface area contributed by atoms with Gasteiger partial charge in [-0.1, -0.05) is 30.3 Å². The molecule has 1 aliphatic heterocycles. The lowest BCUT2D eigenvalue weighted by Gasteiger charge is -2.35. The molecule has 0 spiro atoms. The highest BCUT2D eigenvalue weighted by molar-refractivity contribution is 5.93. The Morgan fingerprint density at radius 2 is 1.66 bits per heavy atom. The summed E-state index contributed by atoms with van der Waals surface area (Å²) < 4.78 is 1.42. The number of piperazine rings is 1. The second-order valence-electron chi connectivity index (χ2n) is 7.82. The van der Waals surface area contributed by atoms with Crippen LogP contribution in [0.15, 0.2) is 53.5 Å². The van der Waals surface area contributed by atoms with E-state index in [9.17, 15) is 14.7 Å². The fraction of sp³-hybridized carbons (Fsp3) is 0.455. The number of aliphatic hydroxyl groups excluding tert-OH is 1. The number of carbonyl (C=O) groups excluding carboxylic acids is 1. The molecule has 7 heteroatoms. The average molecular weight is 399 g/mol. The van der Waals surface area contributed by atoms with Crippen LogP contribution in [-0.4, -0.2) is 83.2 Å². The van der Waals surface area contributed by atoms with Crippen LogP contribution in [0.4, 0.5) is 0 Å². The van der Waals surface area contributed by atoms with Crippen molar-refractivity contribution in [1.82, 2.24) is 19.3 Å². The van der Waals surface area contributed by atoms with Crippen LogP contribution >= 0.6 is 0 Å². The molecule has 1 aromatic carbocycles. The Hall–Kier alpha value is -2.48. The lowest BCUT2D eigenvalue weighted by Crippen LogP contribution is -2.48. The van der Waals surface area contributed by atoms with Crippen molar-refractivity contribution in [1.29, 1.82) is 0 Å². The van der Waals surface area contributed by atoms with E-state index in [1.54, 1.807) is 14.1 Å². The Morgan fingerprint density at radius 1 is 1.00 bits per heavy atom. The standard InChI is InChI=1S/C22H30N4O3/c1-23(2)22(29)19-8-9-21(28)26(15-19)17-20(27)16-25-12-10-24(11-13-25)14-18-6-4-3-5-7-18/h3-9,15,20,27H,10-14,16-17H2,1-2H3. The number of hydrogen-bond acceptors (Lipinski definition) is 5. The molecule has 0 bridgehead atoms. The normalized spacial score (nSPS) is 16.5. The fourth-order valence-electron chi connectivity index (χ4n) is 3.61. The number of aliphatic hydroxyl groups is 1. The minimum atomic E-state index is -0.668. The lowest BCUT2D eigenvalue weighted by molar-refractivity contribution is 0.0616. The highest BCUT2D eigenvalue weighted by Crippen LogP contribution is 2.09. The van der Waals surface area contributed by atoms with Crippen molar-refractivity contribution in [3.05, 3.63) is 70.1 Å². The minimum Gasteiger partial charge on any atom is -0.390 e. The first-order valence-corrected chi connectivity index (χ1v) is 10.0. The molecule has 1 unspecified atom stereocenters. The van der Waals surface area contributed by atoms with Crippen LogP contribution in [0, 0.1) is 0 Å². The third-order valence-corrected chi connectivity index (χ3v) is 5.23. The molecule has 29 heavy (non-hydrogen) atoms. The average Bonchev–Trinajstić information content (AvgIpc) is 2.71. The number of pyridine rings is 1. The molecular formula is C22H30N4O3. The van der Waals surface area contributed by atoms with E-state index in [-0.39, 0.29) is 18.0 Å². The van der Waals surface area contributed by atoms with Gasteiger partial charge in [-0.25, -0.2) is 0 Å². The van der Waals surface area contributed by atoms with Gasteiger partial charge in [-0.3, -0.25) is 19.4 Å². The molecule has 1 fully saturated rings. The van der Waals surface area contributed by atoms with Crippen molar-refractivity contribution < 1.29 is 9.90 Å². The van der Waals surface area contributed by atoms with Crippen LogP contribution < -0.4 is 5.56 Å². The van der Waals surface area contributed by atoms with Gasteiger partial charge in [0.25, 0.3) is 11.5 Å². The van der Waals surface area contributed by atoms with Gasteiger partial charge in [0.05, 0.1) is 18.2 Å². The van der Waals surface area contributed by atoms with Gasteiger partial charge in [-0.05, 0) is 11.6 Å². The number of benzene rings is 1. The molecule has 1 aliphatic rings. The fourth-order valence-corrected chi connectivity index (χ4v) is 3.61. The number of hydrogen-bond donors (Lipinski definition) is 1. The van der Waals surface area contributed by atoms with Gasteiger partial charge in [-0.2, -0.15) is 0 Å². The van der Waals surface area contributed by atoms with Crippen molar-refractivity contribution >= 4 is 5.91 Å². The van der Waals surface area contributed by atoms with E-state index in [1.807, 2.05) is 6.07 Å². The molecule has 2 aromatic rings. The summed E-state index contributed by atoms with van der Waals surface area (Å²) in [5.41, 5.74) is 1.54. The molecule has 7 nitrogen and oxygen atoms in total. The predicted octanol–water partition coefficient (Wildman–Crippen LogP) is 0.729. The third-order valence-electron chi connectivity index (χ3n) is 5.23. The van der Waals surface area contributed by atoms with Crippen LogP contribution in [0.2, 0.25) is 0 Å². The topological polar surface area (TPSA) is 69.0 Å². The van der Waals surface area contributed by atoms with E-state index < -0.39 is 6.10 Å². The van der Waals surface area contributed by atoms with E-state index in [1.165, 1.54) is 33.4 Å². The molecular weight excluding hydrogens is 368 g/mol. The Bertz CT molecular complexity index is 858. The van der Waals surface area contributed by atoms with E-state index >= 15 is 0 Å². The van der Waals surface area contributed by atoms with Gasteiger partial charge < -0.3 is 14.6 Å². The predicted molar refractivity (Wildman–Crippen MR) is 113 cm³/mol. The number of aromatic nitrogens is 1. The molecule has 1 amide bonds. The second-order valence-corrected chi connectivity index (χ2v) is 7.82. The molecule has 1 atom stereocenters. The minimum absolute atomic E-state index is 0.164. The largest absolute Gasteiger partial charge is 0.390 e. The van der Waals surface area contributed by atoms with E-state index in [0.717, 1.165) is 32.7 Å². The van der Waals surface area contributed by atoms with Gasteiger partial charge in [-0.15, -0.1) is 0 Å². The highest BCUT2D eigenvalue weighted by Gasteiger charge is 2.20. The summed E-state index contributed by atoms with van der Waals surface area (Å²) in [7, 11) is 3.34. The number of carbonyl (C=O) groups is 1. The maximum Gasteiger partial charge on any atom is 0.254 e. The molecule has 1 aromatic heterocycles. The molecule has 0 radical (unpaired) electrons. The summed E-state index contributed by atoms with van der Waals surface area (Å²) in [4.78, 5) is 30.3. The smallest absolute Gasteiger partial charge is 0.254 e. The van der Waals surface area contributed by atoms with Gasteiger partial charge in [0.2, 0.25) is 0 Å². The van der Waals surface area contributed by atoms with E-state index in [2.05, 4.69) is 34.1 Å². The SMILES string of the molecule is CN(C)C(=O)c1ccc(=O)n(CC(O)CN2CCN(Cc3ccccc3)CC2)c1. The van der Waals surface area contributed by atoms with Gasteiger partial charge in [0, 0.05) is 65.6 Å². The molecule has 156 valence electrons. The summed E-state index contributed by atoms with van der Waals surface area (Å²) in [6, 6.07) is 13.3. The number of amides is 1. The lowest BCUT2D eigenvalue weighted by atomic mass is 10.2. The zero-order valence-corrected chi connectivity index (χ0v) is 17.2. The zero-order valence-electron chi connectivity index (χ0n) is 17.2. The maximum absolute atomic E-state index is 12.1. The van der Waals surface area contributed by atoms with Crippen molar-refractivity contribution in [3.8, 4) is 0 Å². The van der Waals surface area contributed by atoms with E-state index in [0.29, 0.717) is 12.1 Å². The van der Waals surface area contributed by atoms with Crippen LogP contribution in [0.5, 0.6) is 0 Å². The Balaban J connectivity index is 1.50. The van der Waals surface area contributed by atoms with Gasteiger partial charge >= 0.3 is 0 Å². The first kappa shape index (κ1) is 21.2. The molecule has 0 saturated carbocycles. The highest BCUT2D eigenvalue weighted by atomic mass is 16.3. The second kappa shape index (κ2) is 9.82. The van der Waals surface area contributed by atoms with Gasteiger partial charge in [0.15, 0.2) is 0 Å². The molecule has 3 rings (SSSR count). The van der Waals surface area contributed by atoms with Crippen LogP contribution in [0.3, 0.4) is 0 Å². The summed E-state index contributed by atoms with van der Waals surface area (Å²) in [6.07, 6.45) is 0.865. The monoisotopic (exact) mass is 398 g/mol. The van der Waals surface area contributed by atoms with Crippen molar-refractivity contribution in [3.63, 3.8) is 0 Å². The first-order valence-electron chi connectivity index (χ1n) is 10.0. The molecule has 1 N–H and O–H groups in total. The molecule has 1 saturated heterocycles. The first-order chi connectivity index (χ1) is 13.9. The van der Waals surface area contributed by atoms with E-state index in [4.69, 9.17) is 0 Å². The van der Waals surface area contributed by atoms with Crippen molar-refractivity contribution in [2.75, 3.05) is 46.8 Å². The van der Waals surface area contributed by atoms with Crippen molar-refractivity contribution in [2.45, 2.75) is 19.2 Å². The number of β-amino-alcohol motifs (C(OH)–C–C–N with tert-alkyl or cyclic N) is 1. The Morgan fingerprint density at radius 3 is 2.31 bits per heavy atom. The zero-order chi connectivity index (χ0) is 20.8. The summed E-state index contributed by atoms with van der Waals surface area (Å²) in [5, 5.41) is 10.5. The molecule has 0 aliphatic carbocycles. The Labute approximate surface area is 171 Å². The van der Waals surface area contributed by atoms with Gasteiger partial charge in [0.1, 0.15) is 0 Å². The quantitative estimate of drug-likeness (QED) is 0.745. The molecule has 2 heterocycles. The third kappa shape index (κ3) is 6.00. The van der Waals surface area contributed by atoms with Crippen LogP contribution in [-0.2, 0) is 13.1 Å². The van der Waals surface area contributed by atoms with Crippen LogP contribution in [0.1, 0.15) is 15.9 Å². The maximum atomic E-state index is 12.1. The van der Waals surface area contributed by atoms with Crippen molar-refractivity contribution in [2.24, 2.45) is 0 Å². The summed E-state index contributed by atoms with van der Waals surface area (Å²) >= 11 is 0. The number of nitrogens with zero attached hydrogens (tertiary/aromatic N) is 4. The summed E-state index contributed by atoms with van der Waals surface area (Å²) in [5.74, 6) is -0.164. The summed E-state index contributed by atoms with van der Waals surface area (Å²) in [6.45, 7) is 5.31. The number of rotatable bonds is 7. The van der Waals surface area contributed by atoms with Crippen LogP contribution in [0.25, 0.3) is 0 Å².